The maximum absolute atomic E-state index is 8.72. The van der Waals surface area contributed by atoms with Gasteiger partial charge in [0.25, 0.3) is 0 Å². The van der Waals surface area contributed by atoms with E-state index >= 15 is 0 Å². The zero-order chi connectivity index (χ0) is 10.6. The highest BCUT2D eigenvalue weighted by molar-refractivity contribution is 9.10. The zero-order valence-electron chi connectivity index (χ0n) is 7.90. The molecule has 0 unspecified atom stereocenters. The lowest BCUT2D eigenvalue weighted by Gasteiger charge is -2.02. The molecule has 0 fully saturated rings. The Kier molecular flexibility index (Phi) is 3.60. The van der Waals surface area contributed by atoms with E-state index in [9.17, 15) is 0 Å². The normalized spacial score (nSPS) is 10.1. The summed E-state index contributed by atoms with van der Waals surface area (Å²) in [7, 11) is 3.74. The second-order valence-electron chi connectivity index (χ2n) is 2.82. The summed E-state index contributed by atoms with van der Waals surface area (Å²) in [6.07, 6.45) is 1.64. The van der Waals surface area contributed by atoms with Gasteiger partial charge in [-0.25, -0.2) is 9.98 Å². The van der Waals surface area contributed by atoms with Crippen LogP contribution >= 0.6 is 15.9 Å². The summed E-state index contributed by atoms with van der Waals surface area (Å²) in [6.45, 7) is 0. The third-order valence-corrected chi connectivity index (χ3v) is 2.00. The van der Waals surface area contributed by atoms with Crippen molar-refractivity contribution < 1.29 is 0 Å². The van der Waals surface area contributed by atoms with Gasteiger partial charge in [-0.1, -0.05) is 0 Å². The van der Waals surface area contributed by atoms with Gasteiger partial charge in [0.2, 0.25) is 0 Å². The van der Waals surface area contributed by atoms with E-state index in [4.69, 9.17) is 5.26 Å². The Balaban J connectivity index is 2.97. The molecule has 0 aromatic carbocycles. The Labute approximate surface area is 91.0 Å². The number of nitrogens with zero attached hydrogens (tertiary/aromatic N) is 4. The van der Waals surface area contributed by atoms with Crippen LogP contribution in [0, 0.1) is 11.3 Å². The van der Waals surface area contributed by atoms with Gasteiger partial charge >= 0.3 is 0 Å². The molecule has 0 aliphatic carbocycles. The minimum Gasteiger partial charge on any atom is -0.369 e. The van der Waals surface area contributed by atoms with Crippen LogP contribution in [0.4, 0.5) is 5.82 Å². The van der Waals surface area contributed by atoms with Crippen molar-refractivity contribution in [2.45, 2.75) is 0 Å². The van der Waals surface area contributed by atoms with Gasteiger partial charge in [-0.05, 0) is 28.1 Å². The highest BCUT2D eigenvalue weighted by Gasteiger charge is 2.00. The van der Waals surface area contributed by atoms with Crippen molar-refractivity contribution in [2.75, 3.05) is 14.1 Å². The maximum atomic E-state index is 8.72. The first-order valence-corrected chi connectivity index (χ1v) is 4.70. The maximum Gasteiger partial charge on any atom is 0.157 e. The van der Waals surface area contributed by atoms with Crippen LogP contribution in [0.1, 0.15) is 5.69 Å². The van der Waals surface area contributed by atoms with E-state index in [1.807, 2.05) is 20.2 Å². The predicted molar refractivity (Wildman–Crippen MR) is 58.5 cm³/mol. The molecule has 1 aromatic rings. The fourth-order valence-corrected chi connectivity index (χ4v) is 1.07. The highest BCUT2D eigenvalue weighted by atomic mass is 79.9. The molecule has 4 nitrogen and oxygen atoms in total. The zero-order valence-corrected chi connectivity index (χ0v) is 9.48. The van der Waals surface area contributed by atoms with Gasteiger partial charge in [-0.2, -0.15) is 5.26 Å². The predicted octanol–water partition coefficient (Wildman–Crippen LogP) is 1.94. The van der Waals surface area contributed by atoms with Crippen LogP contribution in [-0.2, 0) is 0 Å². The molecule has 5 heteroatoms. The molecule has 0 spiro atoms. The Morgan fingerprint density at radius 1 is 1.57 bits per heavy atom. The summed E-state index contributed by atoms with van der Waals surface area (Å²) in [5.74, 6) is 0.526. The van der Waals surface area contributed by atoms with Crippen molar-refractivity contribution in [3.05, 3.63) is 22.3 Å². The van der Waals surface area contributed by atoms with Crippen molar-refractivity contribution in [1.29, 1.82) is 5.26 Å². The van der Waals surface area contributed by atoms with Crippen LogP contribution in [0.15, 0.2) is 21.6 Å². The fraction of sp³-hybridized carbons (Fsp3) is 0.222. The number of pyridine rings is 1. The van der Waals surface area contributed by atoms with E-state index in [0.717, 1.165) is 0 Å². The smallest absolute Gasteiger partial charge is 0.157 e. The minimum absolute atomic E-state index is 0.346. The SMILES string of the molecule is CN(C)C=Nc1ccc(Br)c(C#N)n1. The molecule has 0 radical (unpaired) electrons. The van der Waals surface area contributed by atoms with E-state index in [-0.39, 0.29) is 0 Å². The quantitative estimate of drug-likeness (QED) is 0.597. The van der Waals surface area contributed by atoms with Crippen LogP contribution in [0.2, 0.25) is 0 Å². The average Bonchev–Trinajstić information content (AvgIpc) is 2.16. The number of aliphatic imine (C=N–C) groups is 1. The summed E-state index contributed by atoms with van der Waals surface area (Å²) in [5.41, 5.74) is 0.346. The number of hydrogen-bond acceptors (Lipinski definition) is 3. The van der Waals surface area contributed by atoms with E-state index in [2.05, 4.69) is 25.9 Å². The number of halogens is 1. The van der Waals surface area contributed by atoms with E-state index in [0.29, 0.717) is 16.0 Å². The van der Waals surface area contributed by atoms with Crippen LogP contribution in [0.5, 0.6) is 0 Å². The first kappa shape index (κ1) is 10.7. The molecule has 0 atom stereocenters. The monoisotopic (exact) mass is 252 g/mol. The first-order chi connectivity index (χ1) is 6.63. The van der Waals surface area contributed by atoms with Gasteiger partial charge in [0.15, 0.2) is 11.5 Å². The lowest BCUT2D eigenvalue weighted by Crippen LogP contribution is -2.07. The first-order valence-electron chi connectivity index (χ1n) is 3.90. The number of rotatable bonds is 2. The molecule has 1 aromatic heterocycles. The van der Waals surface area contributed by atoms with Crippen molar-refractivity contribution in [3.63, 3.8) is 0 Å². The lowest BCUT2D eigenvalue weighted by molar-refractivity contribution is 0.643. The lowest BCUT2D eigenvalue weighted by atomic mass is 10.4. The molecule has 0 aliphatic heterocycles. The molecular weight excluding hydrogens is 244 g/mol. The molecular formula is C9H9BrN4. The summed E-state index contributed by atoms with van der Waals surface area (Å²) < 4.78 is 0.684. The van der Waals surface area contributed by atoms with Gasteiger partial charge in [0.1, 0.15) is 6.07 Å². The summed E-state index contributed by atoms with van der Waals surface area (Å²) >= 11 is 3.22. The van der Waals surface area contributed by atoms with Crippen molar-refractivity contribution in [2.24, 2.45) is 4.99 Å². The number of hydrogen-bond donors (Lipinski definition) is 0. The third-order valence-electron chi connectivity index (χ3n) is 1.36. The summed E-state index contributed by atoms with van der Waals surface area (Å²) in [4.78, 5) is 9.90. The van der Waals surface area contributed by atoms with Crippen molar-refractivity contribution in [3.8, 4) is 6.07 Å². The standard InChI is InChI=1S/C9H9BrN4/c1-14(2)6-12-9-4-3-7(10)8(5-11)13-9/h3-4,6H,1-2H3. The molecule has 0 saturated heterocycles. The Morgan fingerprint density at radius 3 is 2.86 bits per heavy atom. The van der Waals surface area contributed by atoms with Crippen molar-refractivity contribution >= 4 is 28.1 Å². The molecule has 1 heterocycles. The van der Waals surface area contributed by atoms with E-state index in [1.54, 1.807) is 23.4 Å². The highest BCUT2D eigenvalue weighted by Crippen LogP contribution is 2.17. The Morgan fingerprint density at radius 2 is 2.29 bits per heavy atom. The minimum atomic E-state index is 0.346. The summed E-state index contributed by atoms with van der Waals surface area (Å²) in [5, 5.41) is 8.72. The van der Waals surface area contributed by atoms with Crippen molar-refractivity contribution in [1.82, 2.24) is 9.88 Å². The molecule has 0 N–H and O–H groups in total. The van der Waals surface area contributed by atoms with Gasteiger partial charge in [-0.15, -0.1) is 0 Å². The third kappa shape index (κ3) is 2.82. The van der Waals surface area contributed by atoms with E-state index in [1.165, 1.54) is 0 Å². The topological polar surface area (TPSA) is 52.3 Å². The largest absolute Gasteiger partial charge is 0.369 e. The van der Waals surface area contributed by atoms with Crippen LogP contribution in [-0.4, -0.2) is 30.3 Å². The van der Waals surface area contributed by atoms with Crippen LogP contribution < -0.4 is 0 Å². The number of aromatic nitrogens is 1. The van der Waals surface area contributed by atoms with Gasteiger partial charge in [0, 0.05) is 14.1 Å². The summed E-state index contributed by atoms with van der Waals surface area (Å²) in [6, 6.07) is 5.48. The fourth-order valence-electron chi connectivity index (χ4n) is 0.757. The molecule has 72 valence electrons. The number of nitriles is 1. The second kappa shape index (κ2) is 4.72. The Bertz CT molecular complexity index is 392. The van der Waals surface area contributed by atoms with Crippen LogP contribution in [0.3, 0.4) is 0 Å². The Hall–Kier alpha value is -1.41. The average molecular weight is 253 g/mol. The van der Waals surface area contributed by atoms with Gasteiger partial charge in [-0.3, -0.25) is 0 Å². The van der Waals surface area contributed by atoms with E-state index < -0.39 is 0 Å². The molecule has 1 rings (SSSR count). The second-order valence-corrected chi connectivity index (χ2v) is 3.67. The molecule has 0 bridgehead atoms. The molecule has 14 heavy (non-hydrogen) atoms. The van der Waals surface area contributed by atoms with Gasteiger partial charge < -0.3 is 4.90 Å². The molecule has 0 saturated carbocycles. The van der Waals surface area contributed by atoms with Gasteiger partial charge in [0.05, 0.1) is 10.8 Å². The molecule has 0 aliphatic rings. The van der Waals surface area contributed by atoms with Crippen LogP contribution in [0.25, 0.3) is 0 Å². The molecule has 0 amide bonds.